The molecule has 0 aliphatic rings. The van der Waals surface area contributed by atoms with Crippen LogP contribution in [0.15, 0.2) is 18.2 Å². The van der Waals surface area contributed by atoms with E-state index in [1.807, 2.05) is 0 Å². The molecule has 0 aliphatic carbocycles. The molecule has 17 heavy (non-hydrogen) atoms. The monoisotopic (exact) mass is 251 g/mol. The molecule has 2 N–H and O–H groups in total. The Balaban J connectivity index is 2.49. The van der Waals surface area contributed by atoms with Gasteiger partial charge in [0.2, 0.25) is 0 Å². The highest BCUT2D eigenvalue weighted by Gasteiger charge is 2.26. The standard InChI is InChI=1S/C11H13F4NO/c12-9-3-1-4-10(8(9)7-16)17-6-2-5-11(13,14)15/h1,3-4H,2,5-7,16H2. The Morgan fingerprint density at radius 1 is 1.24 bits per heavy atom. The summed E-state index contributed by atoms with van der Waals surface area (Å²) in [6.07, 6.45) is -5.27. The summed E-state index contributed by atoms with van der Waals surface area (Å²) >= 11 is 0. The van der Waals surface area contributed by atoms with E-state index < -0.39 is 18.4 Å². The lowest BCUT2D eigenvalue weighted by atomic mass is 10.2. The molecule has 0 aliphatic heterocycles. The summed E-state index contributed by atoms with van der Waals surface area (Å²) < 4.78 is 53.9. The van der Waals surface area contributed by atoms with E-state index in [-0.39, 0.29) is 30.9 Å². The fraction of sp³-hybridized carbons (Fsp3) is 0.455. The van der Waals surface area contributed by atoms with E-state index in [1.54, 1.807) is 0 Å². The van der Waals surface area contributed by atoms with Crippen molar-refractivity contribution >= 4 is 0 Å². The Morgan fingerprint density at radius 2 is 1.94 bits per heavy atom. The van der Waals surface area contributed by atoms with Gasteiger partial charge in [0.25, 0.3) is 0 Å². The molecule has 2 nitrogen and oxygen atoms in total. The van der Waals surface area contributed by atoms with Crippen LogP contribution in [0.4, 0.5) is 17.6 Å². The summed E-state index contributed by atoms with van der Waals surface area (Å²) in [5.41, 5.74) is 5.51. The predicted molar refractivity (Wildman–Crippen MR) is 55.1 cm³/mol. The molecule has 0 amide bonds. The summed E-state index contributed by atoms with van der Waals surface area (Å²) in [6, 6.07) is 4.14. The van der Waals surface area contributed by atoms with Gasteiger partial charge in [-0.15, -0.1) is 0 Å². The molecule has 0 fully saturated rings. The third-order valence-electron chi connectivity index (χ3n) is 2.14. The topological polar surface area (TPSA) is 35.2 Å². The summed E-state index contributed by atoms with van der Waals surface area (Å²) in [6.45, 7) is -0.169. The molecule has 0 spiro atoms. The van der Waals surface area contributed by atoms with Crippen molar-refractivity contribution in [3.05, 3.63) is 29.6 Å². The third kappa shape index (κ3) is 4.60. The van der Waals surface area contributed by atoms with Crippen LogP contribution in [-0.2, 0) is 6.54 Å². The van der Waals surface area contributed by atoms with Crippen molar-refractivity contribution in [2.75, 3.05) is 6.61 Å². The van der Waals surface area contributed by atoms with Gasteiger partial charge < -0.3 is 10.5 Å². The zero-order chi connectivity index (χ0) is 12.9. The first-order valence-electron chi connectivity index (χ1n) is 5.11. The second kappa shape index (κ2) is 5.86. The van der Waals surface area contributed by atoms with Crippen LogP contribution >= 0.6 is 0 Å². The van der Waals surface area contributed by atoms with Gasteiger partial charge in [0.05, 0.1) is 6.61 Å². The lowest BCUT2D eigenvalue weighted by Gasteiger charge is -2.11. The van der Waals surface area contributed by atoms with Crippen LogP contribution in [0.25, 0.3) is 0 Å². The number of hydrogen-bond donors (Lipinski definition) is 1. The van der Waals surface area contributed by atoms with Gasteiger partial charge in [0, 0.05) is 18.5 Å². The van der Waals surface area contributed by atoms with Gasteiger partial charge in [0.15, 0.2) is 0 Å². The summed E-state index contributed by atoms with van der Waals surface area (Å²) in [5.74, 6) is -0.310. The molecule has 6 heteroatoms. The molecule has 1 aromatic rings. The highest BCUT2D eigenvalue weighted by molar-refractivity contribution is 5.34. The SMILES string of the molecule is NCc1c(F)cccc1OCCCC(F)(F)F. The predicted octanol–water partition coefficient (Wildman–Crippen LogP) is 3.01. The van der Waals surface area contributed by atoms with Crippen molar-refractivity contribution in [1.29, 1.82) is 0 Å². The van der Waals surface area contributed by atoms with Crippen LogP contribution in [0.5, 0.6) is 5.75 Å². The van der Waals surface area contributed by atoms with Gasteiger partial charge in [-0.25, -0.2) is 4.39 Å². The van der Waals surface area contributed by atoms with E-state index in [4.69, 9.17) is 10.5 Å². The normalized spacial score (nSPS) is 11.6. The third-order valence-corrected chi connectivity index (χ3v) is 2.14. The molecule has 1 rings (SSSR count). The molecule has 0 radical (unpaired) electrons. The maximum atomic E-state index is 13.2. The summed E-state index contributed by atoms with van der Waals surface area (Å²) in [7, 11) is 0. The van der Waals surface area contributed by atoms with E-state index in [0.717, 1.165) is 0 Å². The smallest absolute Gasteiger partial charge is 0.389 e. The zero-order valence-electron chi connectivity index (χ0n) is 9.06. The van der Waals surface area contributed by atoms with E-state index in [2.05, 4.69) is 0 Å². The van der Waals surface area contributed by atoms with Gasteiger partial charge in [-0.3, -0.25) is 0 Å². The largest absolute Gasteiger partial charge is 0.493 e. The molecule has 0 bridgehead atoms. The summed E-state index contributed by atoms with van der Waals surface area (Å²) in [5, 5.41) is 0. The average molecular weight is 251 g/mol. The first-order valence-corrected chi connectivity index (χ1v) is 5.11. The zero-order valence-corrected chi connectivity index (χ0v) is 9.06. The number of nitrogens with two attached hydrogens (primary N) is 1. The Hall–Kier alpha value is -1.30. The molecule has 96 valence electrons. The van der Waals surface area contributed by atoms with E-state index >= 15 is 0 Å². The van der Waals surface area contributed by atoms with Crippen molar-refractivity contribution in [3.63, 3.8) is 0 Å². The van der Waals surface area contributed by atoms with Crippen molar-refractivity contribution in [1.82, 2.24) is 0 Å². The van der Waals surface area contributed by atoms with Gasteiger partial charge in [-0.1, -0.05) is 6.07 Å². The second-order valence-corrected chi connectivity index (χ2v) is 3.49. The van der Waals surface area contributed by atoms with Crippen molar-refractivity contribution in [3.8, 4) is 5.75 Å². The van der Waals surface area contributed by atoms with E-state index in [9.17, 15) is 17.6 Å². The molecule has 0 saturated carbocycles. The Labute approximate surface area is 96.4 Å². The van der Waals surface area contributed by atoms with Crippen LogP contribution in [0.2, 0.25) is 0 Å². The summed E-state index contributed by atoms with van der Waals surface area (Å²) in [4.78, 5) is 0. The minimum atomic E-state index is -4.19. The molecule has 0 atom stereocenters. The minimum absolute atomic E-state index is 0.0543. The lowest BCUT2D eigenvalue weighted by molar-refractivity contribution is -0.136. The van der Waals surface area contributed by atoms with Gasteiger partial charge in [0.1, 0.15) is 11.6 Å². The maximum absolute atomic E-state index is 13.2. The first kappa shape index (κ1) is 13.8. The number of alkyl halides is 3. The number of benzene rings is 1. The van der Waals surface area contributed by atoms with Crippen molar-refractivity contribution in [2.45, 2.75) is 25.6 Å². The fourth-order valence-corrected chi connectivity index (χ4v) is 1.33. The molecular weight excluding hydrogens is 238 g/mol. The van der Waals surface area contributed by atoms with Crippen LogP contribution in [0.1, 0.15) is 18.4 Å². The number of ether oxygens (including phenoxy) is 1. The molecule has 0 unspecified atom stereocenters. The number of halogens is 4. The molecule has 0 heterocycles. The highest BCUT2D eigenvalue weighted by Crippen LogP contribution is 2.23. The quantitative estimate of drug-likeness (QED) is 0.645. The van der Waals surface area contributed by atoms with Crippen LogP contribution in [-0.4, -0.2) is 12.8 Å². The minimum Gasteiger partial charge on any atom is -0.493 e. The van der Waals surface area contributed by atoms with Crippen molar-refractivity contribution < 1.29 is 22.3 Å². The van der Waals surface area contributed by atoms with Gasteiger partial charge >= 0.3 is 6.18 Å². The second-order valence-electron chi connectivity index (χ2n) is 3.49. The number of rotatable bonds is 5. The highest BCUT2D eigenvalue weighted by atomic mass is 19.4. The lowest BCUT2D eigenvalue weighted by Crippen LogP contribution is -2.11. The molecular formula is C11H13F4NO. The Kier molecular flexibility index (Phi) is 4.74. The van der Waals surface area contributed by atoms with Crippen LogP contribution in [0, 0.1) is 5.82 Å². The Morgan fingerprint density at radius 3 is 2.53 bits per heavy atom. The van der Waals surface area contributed by atoms with Gasteiger partial charge in [-0.2, -0.15) is 13.2 Å². The maximum Gasteiger partial charge on any atom is 0.389 e. The first-order chi connectivity index (χ1) is 7.94. The van der Waals surface area contributed by atoms with Crippen LogP contribution in [0.3, 0.4) is 0 Å². The Bertz CT molecular complexity index is 365. The van der Waals surface area contributed by atoms with Crippen LogP contribution < -0.4 is 10.5 Å². The molecule has 0 aromatic heterocycles. The molecule has 1 aromatic carbocycles. The van der Waals surface area contributed by atoms with Gasteiger partial charge in [-0.05, 0) is 18.6 Å². The number of hydrogen-bond acceptors (Lipinski definition) is 2. The van der Waals surface area contributed by atoms with Crippen molar-refractivity contribution in [2.24, 2.45) is 5.73 Å². The fourth-order valence-electron chi connectivity index (χ4n) is 1.33. The average Bonchev–Trinajstić information content (AvgIpc) is 2.23. The molecule has 0 saturated heterocycles. The van der Waals surface area contributed by atoms with E-state index in [1.165, 1.54) is 18.2 Å². The van der Waals surface area contributed by atoms with E-state index in [0.29, 0.717) is 0 Å².